The van der Waals surface area contributed by atoms with E-state index in [0.29, 0.717) is 12.0 Å². The first-order chi connectivity index (χ1) is 10.1. The Bertz CT molecular complexity index is 839. The molecule has 0 unspecified atom stereocenters. The summed E-state index contributed by atoms with van der Waals surface area (Å²) in [5.74, 6) is 0.0539. The van der Waals surface area contributed by atoms with Gasteiger partial charge in [-0.15, -0.1) is 0 Å². The molecule has 0 saturated carbocycles. The van der Waals surface area contributed by atoms with Gasteiger partial charge < -0.3 is 0 Å². The van der Waals surface area contributed by atoms with Gasteiger partial charge in [-0.3, -0.25) is 9.48 Å². The number of ketones is 1. The minimum absolute atomic E-state index is 0.0539. The molecule has 3 rings (SSSR count). The van der Waals surface area contributed by atoms with Crippen molar-refractivity contribution >= 4 is 48.5 Å². The van der Waals surface area contributed by atoms with Gasteiger partial charge in [0.25, 0.3) is 0 Å². The van der Waals surface area contributed by atoms with Crippen LogP contribution in [0.25, 0.3) is 10.9 Å². The molecule has 3 nitrogen and oxygen atoms in total. The van der Waals surface area contributed by atoms with E-state index in [1.807, 2.05) is 54.2 Å². The van der Waals surface area contributed by atoms with Crippen LogP contribution in [0.4, 0.5) is 0 Å². The summed E-state index contributed by atoms with van der Waals surface area (Å²) in [5, 5.41) is 5.50. The van der Waals surface area contributed by atoms with Crippen molar-refractivity contribution in [2.75, 3.05) is 0 Å². The molecule has 0 atom stereocenters. The monoisotopic (exact) mass is 406 g/mol. The molecule has 0 radical (unpaired) electrons. The summed E-state index contributed by atoms with van der Waals surface area (Å²) in [6, 6.07) is 13.5. The SMILES string of the molecule is Cn1nc(CC(=O)c2ccc(Br)cc2Br)c2ccccc21. The molecule has 0 fully saturated rings. The molecule has 5 heteroatoms. The Balaban J connectivity index is 1.97. The lowest BCUT2D eigenvalue weighted by molar-refractivity contribution is 0.0991. The molecule has 0 bridgehead atoms. The summed E-state index contributed by atoms with van der Waals surface area (Å²) in [6.07, 6.45) is 0.293. The summed E-state index contributed by atoms with van der Waals surface area (Å²) < 4.78 is 3.55. The van der Waals surface area contributed by atoms with Gasteiger partial charge in [-0.1, -0.05) is 50.1 Å². The highest BCUT2D eigenvalue weighted by molar-refractivity contribution is 9.11. The molecule has 0 spiro atoms. The number of halogens is 2. The number of hydrogen-bond donors (Lipinski definition) is 0. The Morgan fingerprint density at radius 3 is 2.71 bits per heavy atom. The van der Waals surface area contributed by atoms with E-state index >= 15 is 0 Å². The van der Waals surface area contributed by atoms with Crippen molar-refractivity contribution < 1.29 is 4.79 Å². The van der Waals surface area contributed by atoms with Crippen LogP contribution in [0.5, 0.6) is 0 Å². The van der Waals surface area contributed by atoms with Crippen LogP contribution in [-0.4, -0.2) is 15.6 Å². The van der Waals surface area contributed by atoms with Crippen LogP contribution in [0.15, 0.2) is 51.4 Å². The zero-order valence-corrected chi connectivity index (χ0v) is 14.5. The van der Waals surface area contributed by atoms with Gasteiger partial charge in [0, 0.05) is 26.9 Å². The van der Waals surface area contributed by atoms with E-state index in [9.17, 15) is 4.79 Å². The lowest BCUT2D eigenvalue weighted by Gasteiger charge is -2.03. The van der Waals surface area contributed by atoms with Crippen molar-refractivity contribution in [2.45, 2.75) is 6.42 Å². The second-order valence-electron chi connectivity index (χ2n) is 4.81. The number of rotatable bonds is 3. The number of carbonyl (C=O) groups is 1. The van der Waals surface area contributed by atoms with E-state index in [2.05, 4.69) is 37.0 Å². The topological polar surface area (TPSA) is 34.9 Å². The zero-order valence-electron chi connectivity index (χ0n) is 11.3. The van der Waals surface area contributed by atoms with Crippen LogP contribution in [0, 0.1) is 0 Å². The first-order valence-corrected chi connectivity index (χ1v) is 8.04. The standard InChI is InChI=1S/C16H12Br2N2O/c1-20-15-5-3-2-4-12(15)14(19-20)9-16(21)11-7-6-10(17)8-13(11)18/h2-8H,9H2,1H3. The molecule has 2 aromatic carbocycles. The largest absolute Gasteiger partial charge is 0.294 e. The fraction of sp³-hybridized carbons (Fsp3) is 0.125. The number of aromatic nitrogens is 2. The number of fused-ring (bicyclic) bond motifs is 1. The highest BCUT2D eigenvalue weighted by Crippen LogP contribution is 2.24. The molecule has 0 aliphatic carbocycles. The molecule has 0 aliphatic heterocycles. The van der Waals surface area contributed by atoms with Crippen LogP contribution >= 0.6 is 31.9 Å². The second kappa shape index (κ2) is 5.73. The Morgan fingerprint density at radius 2 is 1.95 bits per heavy atom. The number of carbonyl (C=O) groups excluding carboxylic acids is 1. The molecule has 3 aromatic rings. The van der Waals surface area contributed by atoms with Crippen molar-refractivity contribution in [2.24, 2.45) is 7.05 Å². The summed E-state index contributed by atoms with van der Waals surface area (Å²) >= 11 is 6.83. The van der Waals surface area contributed by atoms with Crippen molar-refractivity contribution in [3.8, 4) is 0 Å². The van der Waals surface area contributed by atoms with Crippen molar-refractivity contribution in [3.63, 3.8) is 0 Å². The molecule has 106 valence electrons. The Labute approximate surface area is 139 Å². The molecule has 0 aliphatic rings. The van der Waals surface area contributed by atoms with Crippen molar-refractivity contribution in [1.29, 1.82) is 0 Å². The fourth-order valence-electron chi connectivity index (χ4n) is 2.38. The molecular weight excluding hydrogens is 396 g/mol. The first-order valence-electron chi connectivity index (χ1n) is 6.45. The van der Waals surface area contributed by atoms with E-state index in [1.165, 1.54) is 0 Å². The molecule has 0 amide bonds. The fourth-order valence-corrected chi connectivity index (χ4v) is 3.65. The summed E-state index contributed by atoms with van der Waals surface area (Å²) in [7, 11) is 1.89. The smallest absolute Gasteiger partial charge is 0.170 e. The lowest BCUT2D eigenvalue weighted by Crippen LogP contribution is -2.05. The number of benzene rings is 2. The lowest BCUT2D eigenvalue weighted by atomic mass is 10.0. The van der Waals surface area contributed by atoms with Gasteiger partial charge in [-0.2, -0.15) is 5.10 Å². The number of aryl methyl sites for hydroxylation is 1. The highest BCUT2D eigenvalue weighted by atomic mass is 79.9. The predicted molar refractivity (Wildman–Crippen MR) is 90.6 cm³/mol. The van der Waals surface area contributed by atoms with Gasteiger partial charge in [0.1, 0.15) is 0 Å². The van der Waals surface area contributed by atoms with E-state index in [0.717, 1.165) is 25.5 Å². The molecule has 21 heavy (non-hydrogen) atoms. The van der Waals surface area contributed by atoms with Gasteiger partial charge >= 0.3 is 0 Å². The second-order valence-corrected chi connectivity index (χ2v) is 6.58. The predicted octanol–water partition coefficient (Wildman–Crippen LogP) is 4.52. The van der Waals surface area contributed by atoms with Gasteiger partial charge in [0.05, 0.1) is 17.6 Å². The molecular formula is C16H12Br2N2O. The normalized spacial score (nSPS) is 11.0. The quantitative estimate of drug-likeness (QED) is 0.598. The Morgan fingerprint density at radius 1 is 1.19 bits per heavy atom. The summed E-state index contributed by atoms with van der Waals surface area (Å²) in [5.41, 5.74) is 2.52. The van der Waals surface area contributed by atoms with E-state index < -0.39 is 0 Å². The molecule has 0 saturated heterocycles. The van der Waals surface area contributed by atoms with Crippen LogP contribution in [-0.2, 0) is 13.5 Å². The summed E-state index contributed by atoms with van der Waals surface area (Å²) in [6.45, 7) is 0. The number of hydrogen-bond acceptors (Lipinski definition) is 2. The van der Waals surface area contributed by atoms with Crippen LogP contribution in [0.1, 0.15) is 16.1 Å². The van der Waals surface area contributed by atoms with Crippen LogP contribution in [0.2, 0.25) is 0 Å². The third-order valence-electron chi connectivity index (χ3n) is 3.39. The molecule has 1 heterocycles. The minimum Gasteiger partial charge on any atom is -0.294 e. The van der Waals surface area contributed by atoms with Crippen molar-refractivity contribution in [1.82, 2.24) is 9.78 Å². The highest BCUT2D eigenvalue weighted by Gasteiger charge is 2.15. The number of Topliss-reactive ketones (excluding diaryl/α,β-unsaturated/α-hetero) is 1. The van der Waals surface area contributed by atoms with Gasteiger partial charge in [0.2, 0.25) is 0 Å². The van der Waals surface area contributed by atoms with Crippen LogP contribution in [0.3, 0.4) is 0 Å². The molecule has 1 aromatic heterocycles. The zero-order chi connectivity index (χ0) is 15.0. The van der Waals surface area contributed by atoms with E-state index in [-0.39, 0.29) is 5.78 Å². The average molecular weight is 408 g/mol. The van der Waals surface area contributed by atoms with Gasteiger partial charge in [-0.25, -0.2) is 0 Å². The average Bonchev–Trinajstić information content (AvgIpc) is 2.76. The van der Waals surface area contributed by atoms with E-state index in [4.69, 9.17) is 0 Å². The number of para-hydroxylation sites is 1. The van der Waals surface area contributed by atoms with E-state index in [1.54, 1.807) is 0 Å². The van der Waals surface area contributed by atoms with Gasteiger partial charge in [-0.05, 0) is 24.3 Å². The third-order valence-corrected chi connectivity index (χ3v) is 4.54. The summed E-state index contributed by atoms with van der Waals surface area (Å²) in [4.78, 5) is 12.5. The maximum atomic E-state index is 12.5. The minimum atomic E-state index is 0.0539. The first kappa shape index (κ1) is 14.5. The Kier molecular flexibility index (Phi) is 3.95. The molecule has 0 N–H and O–H groups in total. The third kappa shape index (κ3) is 2.80. The van der Waals surface area contributed by atoms with Crippen LogP contribution < -0.4 is 0 Å². The van der Waals surface area contributed by atoms with Crippen molar-refractivity contribution in [3.05, 3.63) is 62.7 Å². The maximum absolute atomic E-state index is 12.5. The maximum Gasteiger partial charge on any atom is 0.170 e. The Hall–Kier alpha value is -1.46. The van der Waals surface area contributed by atoms with Gasteiger partial charge in [0.15, 0.2) is 5.78 Å². The number of nitrogens with zero attached hydrogens (tertiary/aromatic N) is 2.